The largest absolute Gasteiger partial charge is 0.494 e. The van der Waals surface area contributed by atoms with Crippen molar-refractivity contribution in [1.29, 1.82) is 0 Å². The lowest BCUT2D eigenvalue weighted by atomic mass is 10.00. The fourth-order valence-corrected chi connectivity index (χ4v) is 3.46. The quantitative estimate of drug-likeness (QED) is 0.393. The third-order valence-electron chi connectivity index (χ3n) is 5.29. The fraction of sp³-hybridized carbons (Fsp3) is 0.348. The SMILES string of the molecule is COc1cc(Nc2nc3c(C(C)(C)O)ccc(O[C@@H](C)C(F)(F)F)n3n2)ccc1-n1cnc(C)c1. The zero-order valence-corrected chi connectivity index (χ0v) is 19.8. The Hall–Kier alpha value is -3.80. The van der Waals surface area contributed by atoms with Crippen LogP contribution in [0.15, 0.2) is 42.9 Å². The van der Waals surface area contributed by atoms with Gasteiger partial charge in [0.25, 0.3) is 0 Å². The zero-order chi connectivity index (χ0) is 25.5. The number of nitrogens with one attached hydrogen (secondary N) is 1. The molecule has 2 N–H and O–H groups in total. The van der Waals surface area contributed by atoms with Gasteiger partial charge in [-0.15, -0.1) is 5.10 Å². The van der Waals surface area contributed by atoms with Crippen LogP contribution >= 0.6 is 0 Å². The average molecular weight is 490 g/mol. The van der Waals surface area contributed by atoms with Crippen molar-refractivity contribution in [2.24, 2.45) is 0 Å². The monoisotopic (exact) mass is 490 g/mol. The molecule has 0 aliphatic heterocycles. The molecule has 35 heavy (non-hydrogen) atoms. The highest BCUT2D eigenvalue weighted by Gasteiger charge is 2.38. The molecule has 3 aromatic heterocycles. The standard InChI is InChI=1S/C23H25F3N6O3/c1-13-11-31(12-27-13)17-8-6-15(10-18(17)34-5)28-21-29-20-16(22(3,4)33)7-9-19(32(20)30-21)35-14(2)23(24,25)26/h6-12,14,33H,1-5H3,(H,28,30)/t14-/m0/s1. The Morgan fingerprint density at radius 1 is 1.14 bits per heavy atom. The number of methoxy groups -OCH3 is 1. The maximum Gasteiger partial charge on any atom is 0.425 e. The number of aromatic nitrogens is 5. The predicted molar refractivity (Wildman–Crippen MR) is 123 cm³/mol. The van der Waals surface area contributed by atoms with E-state index < -0.39 is 17.9 Å². The van der Waals surface area contributed by atoms with Crippen LogP contribution in [0.3, 0.4) is 0 Å². The Bertz CT molecular complexity index is 1360. The van der Waals surface area contributed by atoms with Crippen molar-refractivity contribution in [3.8, 4) is 17.3 Å². The highest BCUT2D eigenvalue weighted by atomic mass is 19.4. The molecular formula is C23H25F3N6O3. The van der Waals surface area contributed by atoms with Crippen molar-refractivity contribution in [2.75, 3.05) is 12.4 Å². The summed E-state index contributed by atoms with van der Waals surface area (Å²) in [5, 5.41) is 17.9. The van der Waals surface area contributed by atoms with E-state index in [0.717, 1.165) is 22.8 Å². The minimum Gasteiger partial charge on any atom is -0.494 e. The molecule has 1 aromatic carbocycles. The summed E-state index contributed by atoms with van der Waals surface area (Å²) in [4.78, 5) is 8.63. The molecule has 0 unspecified atom stereocenters. The first-order valence-corrected chi connectivity index (χ1v) is 10.7. The van der Waals surface area contributed by atoms with Crippen LogP contribution < -0.4 is 14.8 Å². The number of nitrogens with zero attached hydrogens (tertiary/aromatic N) is 5. The molecule has 3 heterocycles. The summed E-state index contributed by atoms with van der Waals surface area (Å²) < 4.78 is 52.8. The minimum absolute atomic E-state index is 0.0968. The first kappa shape index (κ1) is 24.3. The van der Waals surface area contributed by atoms with Crippen molar-refractivity contribution >= 4 is 17.3 Å². The molecule has 0 spiro atoms. The van der Waals surface area contributed by atoms with E-state index in [-0.39, 0.29) is 17.5 Å². The van der Waals surface area contributed by atoms with Crippen molar-refractivity contribution in [1.82, 2.24) is 24.1 Å². The van der Waals surface area contributed by atoms with E-state index in [1.807, 2.05) is 23.8 Å². The van der Waals surface area contributed by atoms with Gasteiger partial charge in [-0.25, -0.2) is 4.98 Å². The Morgan fingerprint density at radius 3 is 2.49 bits per heavy atom. The average Bonchev–Trinajstić information content (AvgIpc) is 3.38. The van der Waals surface area contributed by atoms with Crippen LogP contribution in [0.25, 0.3) is 11.3 Å². The smallest absolute Gasteiger partial charge is 0.425 e. The number of aliphatic hydroxyl groups is 1. The number of pyridine rings is 1. The van der Waals surface area contributed by atoms with Crippen molar-refractivity contribution in [3.05, 3.63) is 54.1 Å². The van der Waals surface area contributed by atoms with Crippen LogP contribution in [0.1, 0.15) is 32.0 Å². The van der Waals surface area contributed by atoms with E-state index >= 15 is 0 Å². The van der Waals surface area contributed by atoms with Crippen LogP contribution in [0.4, 0.5) is 24.8 Å². The summed E-state index contributed by atoms with van der Waals surface area (Å²) in [6, 6.07) is 8.12. The number of benzene rings is 1. The van der Waals surface area contributed by atoms with Gasteiger partial charge < -0.3 is 24.5 Å². The third-order valence-corrected chi connectivity index (χ3v) is 5.29. The number of imidazole rings is 1. The van der Waals surface area contributed by atoms with Gasteiger partial charge in [-0.05, 0) is 45.9 Å². The number of hydrogen-bond acceptors (Lipinski definition) is 7. The van der Waals surface area contributed by atoms with E-state index in [9.17, 15) is 18.3 Å². The lowest BCUT2D eigenvalue weighted by Gasteiger charge is -2.21. The Morgan fingerprint density at radius 2 is 1.89 bits per heavy atom. The molecule has 0 saturated heterocycles. The maximum absolute atomic E-state index is 13.1. The lowest BCUT2D eigenvalue weighted by Crippen LogP contribution is -2.32. The molecular weight excluding hydrogens is 465 g/mol. The summed E-state index contributed by atoms with van der Waals surface area (Å²) in [5.74, 6) is 0.484. The number of hydrogen-bond donors (Lipinski definition) is 2. The normalized spacial score (nSPS) is 13.2. The fourth-order valence-electron chi connectivity index (χ4n) is 3.46. The molecule has 12 heteroatoms. The molecule has 0 radical (unpaired) electrons. The Kier molecular flexibility index (Phi) is 6.09. The van der Waals surface area contributed by atoms with Crippen LogP contribution in [0, 0.1) is 6.92 Å². The molecule has 0 saturated carbocycles. The van der Waals surface area contributed by atoms with Gasteiger partial charge in [0.15, 0.2) is 11.8 Å². The van der Waals surface area contributed by atoms with E-state index in [2.05, 4.69) is 20.4 Å². The molecule has 186 valence electrons. The second-order valence-corrected chi connectivity index (χ2v) is 8.55. The number of aryl methyl sites for hydroxylation is 1. The highest BCUT2D eigenvalue weighted by molar-refractivity contribution is 5.64. The number of fused-ring (bicyclic) bond motifs is 1. The van der Waals surface area contributed by atoms with Crippen molar-refractivity contribution in [2.45, 2.75) is 45.6 Å². The van der Waals surface area contributed by atoms with Crippen LogP contribution in [-0.2, 0) is 5.60 Å². The molecule has 0 bridgehead atoms. The topological polar surface area (TPSA) is 98.7 Å². The van der Waals surface area contributed by atoms with Crippen LogP contribution in [-0.4, -0.2) is 48.6 Å². The van der Waals surface area contributed by atoms with Gasteiger partial charge in [0.05, 0.1) is 30.4 Å². The first-order valence-electron chi connectivity index (χ1n) is 10.7. The lowest BCUT2D eigenvalue weighted by molar-refractivity contribution is -0.190. The summed E-state index contributed by atoms with van der Waals surface area (Å²) in [6.45, 7) is 5.87. The van der Waals surface area contributed by atoms with E-state index in [1.54, 1.807) is 32.3 Å². The van der Waals surface area contributed by atoms with Gasteiger partial charge in [-0.2, -0.15) is 22.7 Å². The summed E-state index contributed by atoms with van der Waals surface area (Å²) in [5.41, 5.74) is 1.39. The second-order valence-electron chi connectivity index (χ2n) is 8.55. The van der Waals surface area contributed by atoms with Gasteiger partial charge in [-0.1, -0.05) is 0 Å². The zero-order valence-electron chi connectivity index (χ0n) is 19.8. The molecule has 1 atom stereocenters. The molecule has 4 aromatic rings. The predicted octanol–water partition coefficient (Wildman–Crippen LogP) is 4.53. The minimum atomic E-state index is -4.56. The Labute approximate surface area is 199 Å². The number of rotatable bonds is 7. The van der Waals surface area contributed by atoms with Crippen LogP contribution in [0.5, 0.6) is 11.6 Å². The van der Waals surface area contributed by atoms with Gasteiger partial charge in [0, 0.05) is 29.6 Å². The molecule has 0 aliphatic rings. The van der Waals surface area contributed by atoms with Crippen molar-refractivity contribution < 1.29 is 27.8 Å². The number of anilines is 2. The van der Waals surface area contributed by atoms with Gasteiger partial charge in [0.1, 0.15) is 5.75 Å². The van der Waals surface area contributed by atoms with E-state index in [1.165, 1.54) is 19.2 Å². The molecule has 0 amide bonds. The van der Waals surface area contributed by atoms with E-state index in [4.69, 9.17) is 9.47 Å². The van der Waals surface area contributed by atoms with Crippen LogP contribution in [0.2, 0.25) is 0 Å². The summed E-state index contributed by atoms with van der Waals surface area (Å²) >= 11 is 0. The number of halogens is 3. The Balaban J connectivity index is 1.72. The molecule has 0 aliphatic carbocycles. The van der Waals surface area contributed by atoms with Gasteiger partial charge in [-0.3, -0.25) is 0 Å². The molecule has 4 rings (SSSR count). The summed E-state index contributed by atoms with van der Waals surface area (Å²) in [6.07, 6.45) is -3.10. The third kappa shape index (κ3) is 5.02. The van der Waals surface area contributed by atoms with Gasteiger partial charge in [0.2, 0.25) is 11.8 Å². The number of alkyl halides is 3. The number of ether oxygens (including phenoxy) is 2. The summed E-state index contributed by atoms with van der Waals surface area (Å²) in [7, 11) is 1.54. The molecule has 0 fully saturated rings. The maximum atomic E-state index is 13.1. The van der Waals surface area contributed by atoms with Crippen molar-refractivity contribution in [3.63, 3.8) is 0 Å². The second kappa shape index (κ2) is 8.77. The highest BCUT2D eigenvalue weighted by Crippen LogP contribution is 2.32. The molecule has 9 nitrogen and oxygen atoms in total. The van der Waals surface area contributed by atoms with Gasteiger partial charge >= 0.3 is 6.18 Å². The van der Waals surface area contributed by atoms with E-state index in [0.29, 0.717) is 17.0 Å². The first-order chi connectivity index (χ1) is 16.4.